The van der Waals surface area contributed by atoms with Crippen molar-refractivity contribution in [2.45, 2.75) is 25.0 Å². The summed E-state index contributed by atoms with van der Waals surface area (Å²) in [5.74, 6) is 1.82. The minimum atomic E-state index is -0.593. The first-order valence-electron chi connectivity index (χ1n) is 11.7. The molecule has 0 saturated carbocycles. The first-order valence-corrected chi connectivity index (χ1v) is 11.7. The third kappa shape index (κ3) is 4.57. The molecule has 1 aliphatic rings. The van der Waals surface area contributed by atoms with Crippen molar-refractivity contribution in [1.82, 2.24) is 20.1 Å². The number of H-pyrrole nitrogens is 1. The van der Waals surface area contributed by atoms with Crippen LogP contribution in [-0.4, -0.2) is 47.8 Å². The molecule has 0 unspecified atom stereocenters. The summed E-state index contributed by atoms with van der Waals surface area (Å²) in [5, 5.41) is 7.47. The van der Waals surface area contributed by atoms with Crippen LogP contribution < -0.4 is 4.74 Å². The fraction of sp³-hybridized carbons (Fsp3) is 0.286. The highest BCUT2D eigenvalue weighted by atomic mass is 19.1. The van der Waals surface area contributed by atoms with E-state index in [1.54, 1.807) is 7.11 Å². The Hall–Kier alpha value is -3.55. The smallest absolute Gasteiger partial charge is 0.181 e. The van der Waals surface area contributed by atoms with Gasteiger partial charge in [-0.15, -0.1) is 0 Å². The second kappa shape index (κ2) is 9.60. The SMILES string of the molecule is COc1cccc(-c2n[nH]c(-c3ccc4c(c3)CO[C@@]4(CCCN(C)C)c3ccc(F)cc3)n2)c1. The standard InChI is InChI=1S/C28H29FN4O2/c1-33(2)15-5-14-28(22-9-11-23(29)12-10-22)25-13-8-20(16-21(25)18-35-28)27-30-26(31-32-27)19-6-4-7-24(17-19)34-3/h4,6-13,16-17H,5,14-15,18H2,1-3H3,(H,30,31,32)/t28-/m0/s1. The summed E-state index contributed by atoms with van der Waals surface area (Å²) < 4.78 is 25.5. The van der Waals surface area contributed by atoms with Gasteiger partial charge in [0.15, 0.2) is 11.6 Å². The molecule has 0 spiro atoms. The number of hydrogen-bond donors (Lipinski definition) is 1. The van der Waals surface area contributed by atoms with E-state index in [9.17, 15) is 4.39 Å². The molecule has 0 saturated heterocycles. The monoisotopic (exact) mass is 472 g/mol. The summed E-state index contributed by atoms with van der Waals surface area (Å²) in [7, 11) is 5.77. The summed E-state index contributed by atoms with van der Waals surface area (Å²) in [6.07, 6.45) is 1.77. The van der Waals surface area contributed by atoms with Gasteiger partial charge in [-0.25, -0.2) is 9.37 Å². The molecule has 1 N–H and O–H groups in total. The maximum atomic E-state index is 13.7. The van der Waals surface area contributed by atoms with Crippen LogP contribution in [0.3, 0.4) is 0 Å². The molecule has 0 radical (unpaired) electrons. The zero-order valence-electron chi connectivity index (χ0n) is 20.2. The molecule has 4 aromatic rings. The number of nitrogens with one attached hydrogen (secondary N) is 1. The Balaban J connectivity index is 1.47. The number of hydrogen-bond acceptors (Lipinski definition) is 5. The summed E-state index contributed by atoms with van der Waals surface area (Å²) >= 11 is 0. The lowest BCUT2D eigenvalue weighted by Crippen LogP contribution is -2.28. The van der Waals surface area contributed by atoms with Crippen molar-refractivity contribution in [3.8, 4) is 28.5 Å². The van der Waals surface area contributed by atoms with Gasteiger partial charge in [-0.2, -0.15) is 5.10 Å². The van der Waals surface area contributed by atoms with Crippen molar-refractivity contribution >= 4 is 0 Å². The number of methoxy groups -OCH3 is 1. The number of nitrogens with zero attached hydrogens (tertiary/aromatic N) is 3. The van der Waals surface area contributed by atoms with E-state index in [1.165, 1.54) is 12.1 Å². The van der Waals surface area contributed by atoms with Gasteiger partial charge >= 0.3 is 0 Å². The van der Waals surface area contributed by atoms with Crippen LogP contribution in [0.5, 0.6) is 5.75 Å². The fourth-order valence-electron chi connectivity index (χ4n) is 4.77. The van der Waals surface area contributed by atoms with Crippen molar-refractivity contribution < 1.29 is 13.9 Å². The van der Waals surface area contributed by atoms with Crippen molar-refractivity contribution in [1.29, 1.82) is 0 Å². The number of aromatic amines is 1. The molecule has 1 aliphatic heterocycles. The summed E-state index contributed by atoms with van der Waals surface area (Å²) in [5.41, 5.74) is 4.44. The second-order valence-electron chi connectivity index (χ2n) is 9.14. The van der Waals surface area contributed by atoms with Crippen LogP contribution in [0, 0.1) is 5.82 Å². The summed E-state index contributed by atoms with van der Waals surface area (Å²) in [4.78, 5) is 6.88. The van der Waals surface area contributed by atoms with Gasteiger partial charge in [0.2, 0.25) is 0 Å². The van der Waals surface area contributed by atoms with Gasteiger partial charge in [-0.1, -0.05) is 36.4 Å². The lowest BCUT2D eigenvalue weighted by Gasteiger charge is -2.31. The van der Waals surface area contributed by atoms with E-state index in [4.69, 9.17) is 14.5 Å². The maximum absolute atomic E-state index is 13.7. The molecule has 1 atom stereocenters. The van der Waals surface area contributed by atoms with E-state index in [1.807, 2.05) is 42.5 Å². The average Bonchev–Trinajstić information content (AvgIpc) is 3.50. The molecule has 6 nitrogen and oxygen atoms in total. The minimum Gasteiger partial charge on any atom is -0.497 e. The zero-order valence-corrected chi connectivity index (χ0v) is 20.2. The summed E-state index contributed by atoms with van der Waals surface area (Å²) in [6, 6.07) is 20.6. The molecule has 0 aliphatic carbocycles. The molecule has 7 heteroatoms. The Kier molecular flexibility index (Phi) is 6.36. The predicted octanol–water partition coefficient (Wildman–Crippen LogP) is 5.40. The van der Waals surface area contributed by atoms with Crippen LogP contribution in [-0.2, 0) is 16.9 Å². The van der Waals surface area contributed by atoms with Gasteiger partial charge in [-0.05, 0) is 80.5 Å². The highest BCUT2D eigenvalue weighted by molar-refractivity contribution is 5.64. The fourth-order valence-corrected chi connectivity index (χ4v) is 4.77. The molecule has 0 fully saturated rings. The summed E-state index contributed by atoms with van der Waals surface area (Å²) in [6.45, 7) is 1.43. The lowest BCUT2D eigenvalue weighted by molar-refractivity contribution is -0.0140. The Bertz CT molecular complexity index is 1320. The molecular weight excluding hydrogens is 443 g/mol. The van der Waals surface area contributed by atoms with Crippen molar-refractivity contribution in [3.05, 3.63) is 89.2 Å². The van der Waals surface area contributed by atoms with Crippen molar-refractivity contribution in [3.63, 3.8) is 0 Å². The van der Waals surface area contributed by atoms with Crippen LogP contribution >= 0.6 is 0 Å². The molecule has 0 amide bonds. The van der Waals surface area contributed by atoms with Gasteiger partial charge in [-0.3, -0.25) is 5.10 Å². The van der Waals surface area contributed by atoms with Gasteiger partial charge in [0.1, 0.15) is 17.2 Å². The van der Waals surface area contributed by atoms with Crippen LogP contribution in [0.1, 0.15) is 29.5 Å². The largest absolute Gasteiger partial charge is 0.497 e. The van der Waals surface area contributed by atoms with Gasteiger partial charge in [0, 0.05) is 11.1 Å². The molecule has 3 aromatic carbocycles. The van der Waals surface area contributed by atoms with Crippen molar-refractivity contribution in [2.75, 3.05) is 27.7 Å². The topological polar surface area (TPSA) is 63.3 Å². The molecule has 5 rings (SSSR count). The third-order valence-electron chi connectivity index (χ3n) is 6.55. The lowest BCUT2D eigenvalue weighted by atomic mass is 9.81. The van der Waals surface area contributed by atoms with Gasteiger partial charge < -0.3 is 14.4 Å². The molecular formula is C28H29FN4O2. The van der Waals surface area contributed by atoms with E-state index < -0.39 is 5.60 Å². The van der Waals surface area contributed by atoms with E-state index in [2.05, 4.69) is 41.3 Å². The molecule has 2 heterocycles. The van der Waals surface area contributed by atoms with Crippen LogP contribution in [0.2, 0.25) is 0 Å². The van der Waals surface area contributed by atoms with Crippen molar-refractivity contribution in [2.24, 2.45) is 0 Å². The number of rotatable bonds is 8. The highest BCUT2D eigenvalue weighted by Crippen LogP contribution is 2.46. The minimum absolute atomic E-state index is 0.247. The third-order valence-corrected chi connectivity index (χ3v) is 6.55. The number of aromatic nitrogens is 3. The Morgan fingerprint density at radius 2 is 1.89 bits per heavy atom. The molecule has 0 bridgehead atoms. The Morgan fingerprint density at radius 3 is 2.66 bits per heavy atom. The Morgan fingerprint density at radius 1 is 1.06 bits per heavy atom. The normalized spacial score (nSPS) is 17.1. The quantitative estimate of drug-likeness (QED) is 0.372. The predicted molar refractivity (Wildman–Crippen MR) is 134 cm³/mol. The molecule has 35 heavy (non-hydrogen) atoms. The highest BCUT2D eigenvalue weighted by Gasteiger charge is 2.41. The zero-order chi connectivity index (χ0) is 24.4. The number of benzene rings is 3. The first-order chi connectivity index (χ1) is 17.0. The van der Waals surface area contributed by atoms with E-state index >= 15 is 0 Å². The first kappa shape index (κ1) is 23.2. The Labute approximate surface area is 204 Å². The number of halogens is 1. The molecule has 180 valence electrons. The second-order valence-corrected chi connectivity index (χ2v) is 9.14. The van der Waals surface area contributed by atoms with Crippen LogP contribution in [0.4, 0.5) is 4.39 Å². The maximum Gasteiger partial charge on any atom is 0.181 e. The average molecular weight is 473 g/mol. The van der Waals surface area contributed by atoms with Gasteiger partial charge in [0.05, 0.1) is 13.7 Å². The van der Waals surface area contributed by atoms with Crippen LogP contribution in [0.15, 0.2) is 66.7 Å². The van der Waals surface area contributed by atoms with Gasteiger partial charge in [0.25, 0.3) is 0 Å². The van der Waals surface area contributed by atoms with E-state index in [0.29, 0.717) is 18.3 Å². The number of ether oxygens (including phenoxy) is 2. The number of fused-ring (bicyclic) bond motifs is 1. The van der Waals surface area contributed by atoms with Crippen LogP contribution in [0.25, 0.3) is 22.8 Å². The molecule has 1 aromatic heterocycles. The van der Waals surface area contributed by atoms with E-state index in [-0.39, 0.29) is 5.82 Å². The van der Waals surface area contributed by atoms with E-state index in [0.717, 1.165) is 53.0 Å².